The number of amides is 2. The molecule has 2 amide bonds. The Labute approximate surface area is 191 Å². The topological polar surface area (TPSA) is 40.6 Å². The van der Waals surface area contributed by atoms with Crippen LogP contribution in [0.5, 0.6) is 0 Å². The van der Waals surface area contributed by atoms with Crippen LogP contribution in [-0.2, 0) is 11.3 Å². The second-order valence-electron chi connectivity index (χ2n) is 8.77. The molecule has 31 heavy (non-hydrogen) atoms. The van der Waals surface area contributed by atoms with E-state index in [0.717, 1.165) is 28.8 Å². The summed E-state index contributed by atoms with van der Waals surface area (Å²) in [7, 11) is 2.06. The lowest BCUT2D eigenvalue weighted by Crippen LogP contribution is -2.45. The third kappa shape index (κ3) is 3.99. The summed E-state index contributed by atoms with van der Waals surface area (Å²) in [6.45, 7) is 6.51. The second kappa shape index (κ2) is 7.99. The van der Waals surface area contributed by atoms with Gasteiger partial charge in [-0.2, -0.15) is 0 Å². The molecule has 0 aliphatic carbocycles. The van der Waals surface area contributed by atoms with Gasteiger partial charge >= 0.3 is 0 Å². The first kappa shape index (κ1) is 21.9. The Morgan fingerprint density at radius 2 is 1.97 bits per heavy atom. The molecule has 1 atom stereocenters. The quantitative estimate of drug-likeness (QED) is 0.496. The molecule has 162 valence electrons. The first-order valence-corrected chi connectivity index (χ1v) is 11.3. The summed E-state index contributed by atoms with van der Waals surface area (Å²) in [5.74, 6) is -0.538. The van der Waals surface area contributed by atoms with Crippen LogP contribution in [-0.4, -0.2) is 28.6 Å². The number of carbonyl (C=O) groups excluding carboxylic acids is 2. The van der Waals surface area contributed by atoms with E-state index in [1.807, 2.05) is 12.1 Å². The molecule has 0 N–H and O–H groups in total. The van der Waals surface area contributed by atoms with Crippen molar-refractivity contribution < 1.29 is 14.0 Å². The van der Waals surface area contributed by atoms with Crippen LogP contribution >= 0.6 is 23.4 Å². The van der Waals surface area contributed by atoms with Gasteiger partial charge in [0.05, 0.1) is 11.4 Å². The number of rotatable bonds is 3. The number of anilines is 1. The van der Waals surface area contributed by atoms with Crippen LogP contribution in [0.3, 0.4) is 0 Å². The van der Waals surface area contributed by atoms with Crippen molar-refractivity contribution in [3.63, 3.8) is 0 Å². The molecule has 0 unspecified atom stereocenters. The molecule has 2 aliphatic heterocycles. The predicted octanol–water partition coefficient (Wildman–Crippen LogP) is 6.44. The lowest BCUT2D eigenvalue weighted by atomic mass is 9.80. The summed E-state index contributed by atoms with van der Waals surface area (Å²) >= 11 is 7.43. The highest BCUT2D eigenvalue weighted by atomic mass is 35.5. The Bertz CT molecular complexity index is 1110. The number of thioether (sulfide) groups is 1. The number of halogens is 2. The number of hydrogen-bond donors (Lipinski definition) is 0. The molecule has 2 aromatic carbocycles. The molecule has 0 saturated carbocycles. The van der Waals surface area contributed by atoms with Crippen LogP contribution in [0.2, 0.25) is 5.02 Å². The Morgan fingerprint density at radius 3 is 2.68 bits per heavy atom. The fraction of sp³-hybridized carbons (Fsp3) is 0.333. The molecular weight excluding hydrogens is 435 g/mol. The normalized spacial score (nSPS) is 21.7. The first-order valence-electron chi connectivity index (χ1n) is 10.1. The van der Waals surface area contributed by atoms with E-state index in [9.17, 15) is 14.0 Å². The number of fused-ring (bicyclic) bond motifs is 1. The molecule has 7 heteroatoms. The largest absolute Gasteiger partial charge is 0.369 e. The Hall–Kier alpha value is -2.31. The van der Waals surface area contributed by atoms with Gasteiger partial charge in [-0.05, 0) is 73.4 Å². The third-order valence-electron chi connectivity index (χ3n) is 6.20. The van der Waals surface area contributed by atoms with Crippen LogP contribution in [0.1, 0.15) is 49.8 Å². The molecule has 4 nitrogen and oxygen atoms in total. The summed E-state index contributed by atoms with van der Waals surface area (Å²) in [6, 6.07) is 10.1. The zero-order valence-corrected chi connectivity index (χ0v) is 19.5. The first-order chi connectivity index (χ1) is 14.6. The van der Waals surface area contributed by atoms with Crippen molar-refractivity contribution >= 4 is 46.3 Å². The number of nitrogens with zero attached hydrogens (tertiary/aromatic N) is 2. The molecule has 1 fully saturated rings. The molecule has 0 bridgehead atoms. The van der Waals surface area contributed by atoms with Crippen molar-refractivity contribution in [1.82, 2.24) is 4.90 Å². The van der Waals surface area contributed by atoms with E-state index in [0.29, 0.717) is 27.0 Å². The fourth-order valence-corrected chi connectivity index (χ4v) is 5.33. The smallest absolute Gasteiger partial charge is 0.293 e. The van der Waals surface area contributed by atoms with Gasteiger partial charge in [-0.15, -0.1) is 0 Å². The van der Waals surface area contributed by atoms with E-state index in [-0.39, 0.29) is 12.1 Å². The Morgan fingerprint density at radius 1 is 1.26 bits per heavy atom. The highest BCUT2D eigenvalue weighted by Crippen LogP contribution is 2.45. The molecule has 0 aromatic heterocycles. The van der Waals surface area contributed by atoms with Crippen LogP contribution in [0.25, 0.3) is 6.08 Å². The van der Waals surface area contributed by atoms with Gasteiger partial charge in [0.1, 0.15) is 5.82 Å². The number of benzene rings is 2. The molecule has 2 heterocycles. The molecule has 2 aromatic rings. The average Bonchev–Trinajstić information content (AvgIpc) is 2.96. The summed E-state index contributed by atoms with van der Waals surface area (Å²) < 4.78 is 14.0. The highest BCUT2D eigenvalue weighted by Gasteiger charge is 2.37. The average molecular weight is 459 g/mol. The number of carbonyl (C=O) groups is 2. The number of hydrogen-bond acceptors (Lipinski definition) is 4. The lowest BCUT2D eigenvalue weighted by molar-refractivity contribution is -0.123. The van der Waals surface area contributed by atoms with E-state index in [1.54, 1.807) is 24.3 Å². The maximum atomic E-state index is 14.0. The van der Waals surface area contributed by atoms with Gasteiger partial charge in [-0.25, -0.2) is 4.39 Å². The summed E-state index contributed by atoms with van der Waals surface area (Å²) in [4.78, 5) is 28.9. The minimum atomic E-state index is -0.440. The molecule has 4 rings (SSSR count). The van der Waals surface area contributed by atoms with E-state index >= 15 is 0 Å². The van der Waals surface area contributed by atoms with Gasteiger partial charge in [0.2, 0.25) is 0 Å². The Kier molecular flexibility index (Phi) is 5.64. The lowest BCUT2D eigenvalue weighted by Gasteiger charge is -2.45. The number of imide groups is 1. The van der Waals surface area contributed by atoms with Gasteiger partial charge in [0, 0.05) is 28.9 Å². The third-order valence-corrected chi connectivity index (χ3v) is 7.43. The minimum Gasteiger partial charge on any atom is -0.369 e. The van der Waals surface area contributed by atoms with Gasteiger partial charge < -0.3 is 4.90 Å². The van der Waals surface area contributed by atoms with Crippen molar-refractivity contribution in [3.05, 3.63) is 68.8 Å². The van der Waals surface area contributed by atoms with Crippen molar-refractivity contribution in [2.24, 2.45) is 0 Å². The van der Waals surface area contributed by atoms with Crippen LogP contribution in [0, 0.1) is 5.82 Å². The SMILES string of the molecule is C[C@@H]1CC(C)(C)N(C)c2cc(Cl)c(/C=C3\SC(=O)N(Cc4ccccc4F)C3=O)cc21. The molecule has 0 radical (unpaired) electrons. The maximum absolute atomic E-state index is 14.0. The fourth-order valence-electron chi connectivity index (χ4n) is 4.29. The van der Waals surface area contributed by atoms with Crippen molar-refractivity contribution in [2.45, 2.75) is 45.2 Å². The zero-order chi connectivity index (χ0) is 22.5. The van der Waals surface area contributed by atoms with Crippen molar-refractivity contribution in [1.29, 1.82) is 0 Å². The maximum Gasteiger partial charge on any atom is 0.293 e. The van der Waals surface area contributed by atoms with Crippen LogP contribution < -0.4 is 4.90 Å². The molecule has 0 spiro atoms. The van der Waals surface area contributed by atoms with Gasteiger partial charge in [0.15, 0.2) is 0 Å². The van der Waals surface area contributed by atoms with E-state index in [4.69, 9.17) is 11.6 Å². The van der Waals surface area contributed by atoms with Gasteiger partial charge in [0.25, 0.3) is 11.1 Å². The van der Waals surface area contributed by atoms with E-state index < -0.39 is 17.0 Å². The summed E-state index contributed by atoms with van der Waals surface area (Å²) in [5.41, 5.74) is 3.28. The second-order valence-corrected chi connectivity index (χ2v) is 10.2. The van der Waals surface area contributed by atoms with E-state index in [1.165, 1.54) is 11.6 Å². The zero-order valence-electron chi connectivity index (χ0n) is 17.9. The highest BCUT2D eigenvalue weighted by molar-refractivity contribution is 8.18. The van der Waals surface area contributed by atoms with Crippen molar-refractivity contribution in [3.8, 4) is 0 Å². The summed E-state index contributed by atoms with van der Waals surface area (Å²) in [6.07, 6.45) is 2.66. The Balaban J connectivity index is 1.65. The predicted molar refractivity (Wildman–Crippen MR) is 125 cm³/mol. The molecule has 2 aliphatic rings. The van der Waals surface area contributed by atoms with Crippen LogP contribution in [0.15, 0.2) is 41.3 Å². The van der Waals surface area contributed by atoms with Gasteiger partial charge in [-0.1, -0.05) is 36.7 Å². The van der Waals surface area contributed by atoms with Crippen molar-refractivity contribution in [2.75, 3.05) is 11.9 Å². The summed E-state index contributed by atoms with van der Waals surface area (Å²) in [5, 5.41) is 0.111. The minimum absolute atomic E-state index is 0.0205. The monoisotopic (exact) mass is 458 g/mol. The standard InChI is InChI=1S/C24H24ClFN2O2S/c1-14-12-24(2,3)27(4)20-11-18(25)16(9-17(14)20)10-21-22(29)28(23(30)31-21)13-15-7-5-6-8-19(15)26/h5-11,14H,12-13H2,1-4H3/b21-10-/t14-/m1/s1. The molecule has 1 saturated heterocycles. The van der Waals surface area contributed by atoms with E-state index in [2.05, 4.69) is 32.7 Å². The molecular formula is C24H24ClFN2O2S. The van der Waals surface area contributed by atoms with Crippen LogP contribution in [0.4, 0.5) is 14.9 Å². The van der Waals surface area contributed by atoms with Gasteiger partial charge in [-0.3, -0.25) is 14.5 Å².